The van der Waals surface area contributed by atoms with Crippen LogP contribution in [0.25, 0.3) is 0 Å². The van der Waals surface area contributed by atoms with E-state index in [0.29, 0.717) is 5.56 Å². The third-order valence-corrected chi connectivity index (χ3v) is 2.70. The fourth-order valence-corrected chi connectivity index (χ4v) is 1.78. The second-order valence-corrected chi connectivity index (χ2v) is 4.04. The molecule has 1 aromatic rings. The van der Waals surface area contributed by atoms with Crippen LogP contribution in [0.4, 0.5) is 5.69 Å². The highest BCUT2D eigenvalue weighted by atomic mass is 16.3. The van der Waals surface area contributed by atoms with E-state index in [9.17, 15) is 4.79 Å². The minimum atomic E-state index is -0.189. The smallest absolute Gasteiger partial charge is 0.256 e. The van der Waals surface area contributed by atoms with Gasteiger partial charge in [-0.05, 0) is 19.1 Å². The average Bonchev–Trinajstić information content (AvgIpc) is 2.37. The Kier molecular flexibility index (Phi) is 5.61. The molecule has 1 amide bonds. The van der Waals surface area contributed by atoms with Gasteiger partial charge in [0.2, 0.25) is 0 Å². The van der Waals surface area contributed by atoms with Crippen molar-refractivity contribution in [1.29, 1.82) is 0 Å². The largest absolute Gasteiger partial charge is 0.395 e. The van der Waals surface area contributed by atoms with Gasteiger partial charge in [0.15, 0.2) is 0 Å². The van der Waals surface area contributed by atoms with Gasteiger partial charge in [-0.15, -0.1) is 0 Å². The van der Waals surface area contributed by atoms with E-state index in [4.69, 9.17) is 10.2 Å². The van der Waals surface area contributed by atoms with Gasteiger partial charge in [0.25, 0.3) is 5.91 Å². The van der Waals surface area contributed by atoms with Crippen LogP contribution in [0.2, 0.25) is 0 Å². The van der Waals surface area contributed by atoms with Gasteiger partial charge >= 0.3 is 0 Å². The molecule has 3 N–H and O–H groups in total. The summed E-state index contributed by atoms with van der Waals surface area (Å²) in [6.45, 7) is 2.12. The molecule has 0 atom stereocenters. The lowest BCUT2D eigenvalue weighted by molar-refractivity contribution is 0.0685. The molecule has 0 saturated carbocycles. The van der Waals surface area contributed by atoms with Gasteiger partial charge in [-0.3, -0.25) is 4.79 Å². The number of nitrogens with one attached hydrogen (secondary N) is 1. The van der Waals surface area contributed by atoms with Crippen molar-refractivity contribution in [3.8, 4) is 0 Å². The van der Waals surface area contributed by atoms with E-state index in [1.807, 2.05) is 19.1 Å². The molecule has 100 valence electrons. The Morgan fingerprint density at radius 3 is 2.39 bits per heavy atom. The normalized spacial score (nSPS) is 10.2. The Hall–Kier alpha value is -1.59. The molecule has 0 spiro atoms. The molecule has 5 heteroatoms. The summed E-state index contributed by atoms with van der Waals surface area (Å²) >= 11 is 0. The average molecular weight is 252 g/mol. The first-order valence-electron chi connectivity index (χ1n) is 5.93. The quantitative estimate of drug-likeness (QED) is 0.688. The maximum atomic E-state index is 12.3. The van der Waals surface area contributed by atoms with Crippen LogP contribution in [0.15, 0.2) is 18.2 Å². The first kappa shape index (κ1) is 14.5. The second kappa shape index (κ2) is 6.98. The van der Waals surface area contributed by atoms with E-state index in [2.05, 4.69) is 5.32 Å². The lowest BCUT2D eigenvalue weighted by Crippen LogP contribution is -2.36. The molecule has 5 nitrogen and oxygen atoms in total. The van der Waals surface area contributed by atoms with E-state index in [1.165, 1.54) is 4.90 Å². The van der Waals surface area contributed by atoms with E-state index < -0.39 is 0 Å². The predicted octanol–water partition coefficient (Wildman–Crippen LogP) is 0.464. The Morgan fingerprint density at radius 1 is 1.28 bits per heavy atom. The Balaban J connectivity index is 3.02. The van der Waals surface area contributed by atoms with Gasteiger partial charge in [0.1, 0.15) is 0 Å². The van der Waals surface area contributed by atoms with Crippen LogP contribution in [0.1, 0.15) is 15.9 Å². The van der Waals surface area contributed by atoms with Crippen molar-refractivity contribution in [3.05, 3.63) is 29.3 Å². The number of hydrogen-bond donors (Lipinski definition) is 3. The molecule has 0 aliphatic heterocycles. The summed E-state index contributed by atoms with van der Waals surface area (Å²) in [4.78, 5) is 13.8. The molecule has 0 radical (unpaired) electrons. The number of aliphatic hydroxyl groups excluding tert-OH is 2. The lowest BCUT2D eigenvalue weighted by Gasteiger charge is -2.22. The Labute approximate surface area is 107 Å². The molecule has 0 heterocycles. The van der Waals surface area contributed by atoms with Crippen molar-refractivity contribution in [2.24, 2.45) is 0 Å². The van der Waals surface area contributed by atoms with Crippen molar-refractivity contribution < 1.29 is 15.0 Å². The predicted molar refractivity (Wildman–Crippen MR) is 70.8 cm³/mol. The number of carbonyl (C=O) groups excluding carboxylic acids is 1. The summed E-state index contributed by atoms with van der Waals surface area (Å²) in [6.07, 6.45) is 0. The second-order valence-electron chi connectivity index (χ2n) is 4.04. The maximum Gasteiger partial charge on any atom is 0.256 e. The number of aryl methyl sites for hydroxylation is 1. The minimum absolute atomic E-state index is 0.119. The zero-order valence-electron chi connectivity index (χ0n) is 10.8. The number of carbonyl (C=O) groups is 1. The summed E-state index contributed by atoms with van der Waals surface area (Å²) in [5.41, 5.74) is 2.29. The number of rotatable bonds is 6. The van der Waals surface area contributed by atoms with Crippen molar-refractivity contribution in [2.45, 2.75) is 6.92 Å². The summed E-state index contributed by atoms with van der Waals surface area (Å²) < 4.78 is 0. The van der Waals surface area contributed by atoms with Crippen LogP contribution < -0.4 is 5.32 Å². The molecule has 0 unspecified atom stereocenters. The summed E-state index contributed by atoms with van der Waals surface area (Å²) in [6, 6.07) is 5.57. The van der Waals surface area contributed by atoms with Crippen molar-refractivity contribution in [1.82, 2.24) is 4.90 Å². The zero-order valence-corrected chi connectivity index (χ0v) is 10.8. The van der Waals surface area contributed by atoms with Crippen molar-refractivity contribution in [3.63, 3.8) is 0 Å². The highest BCUT2D eigenvalue weighted by Gasteiger charge is 2.17. The number of anilines is 1. The summed E-state index contributed by atoms with van der Waals surface area (Å²) in [5, 5.41) is 20.9. The van der Waals surface area contributed by atoms with Gasteiger partial charge in [-0.2, -0.15) is 0 Å². The zero-order chi connectivity index (χ0) is 13.5. The monoisotopic (exact) mass is 252 g/mol. The van der Waals surface area contributed by atoms with Gasteiger partial charge < -0.3 is 20.4 Å². The molecule has 1 rings (SSSR count). The van der Waals surface area contributed by atoms with E-state index in [-0.39, 0.29) is 32.2 Å². The molecule has 0 saturated heterocycles. The van der Waals surface area contributed by atoms with Crippen LogP contribution in [-0.4, -0.2) is 54.4 Å². The van der Waals surface area contributed by atoms with Crippen LogP contribution in [0.3, 0.4) is 0 Å². The molecule has 18 heavy (non-hydrogen) atoms. The first-order valence-corrected chi connectivity index (χ1v) is 5.93. The van der Waals surface area contributed by atoms with Crippen LogP contribution in [0.5, 0.6) is 0 Å². The van der Waals surface area contributed by atoms with E-state index >= 15 is 0 Å². The first-order chi connectivity index (χ1) is 8.63. The van der Waals surface area contributed by atoms with Crippen LogP contribution in [0, 0.1) is 6.92 Å². The molecule has 0 bridgehead atoms. The van der Waals surface area contributed by atoms with Crippen molar-refractivity contribution in [2.75, 3.05) is 38.7 Å². The molecule has 0 aromatic heterocycles. The Bertz CT molecular complexity index is 401. The molecule has 1 aromatic carbocycles. The van der Waals surface area contributed by atoms with Gasteiger partial charge in [0.05, 0.1) is 18.8 Å². The number of amides is 1. The minimum Gasteiger partial charge on any atom is -0.395 e. The molecule has 0 aliphatic carbocycles. The van der Waals surface area contributed by atoms with Gasteiger partial charge in [-0.1, -0.05) is 11.6 Å². The highest BCUT2D eigenvalue weighted by molar-refractivity contribution is 5.99. The molecular weight excluding hydrogens is 232 g/mol. The fraction of sp³-hybridized carbons (Fsp3) is 0.462. The Morgan fingerprint density at radius 2 is 1.89 bits per heavy atom. The molecule has 0 fully saturated rings. The highest BCUT2D eigenvalue weighted by Crippen LogP contribution is 2.18. The number of aliphatic hydroxyl groups is 2. The SMILES string of the molecule is CNc1ccc(C)cc1C(=O)N(CCO)CCO. The van der Waals surface area contributed by atoms with Crippen molar-refractivity contribution >= 4 is 11.6 Å². The molecular formula is C13H20N2O3. The number of benzene rings is 1. The lowest BCUT2D eigenvalue weighted by atomic mass is 10.1. The third-order valence-electron chi connectivity index (χ3n) is 2.70. The fourth-order valence-electron chi connectivity index (χ4n) is 1.78. The number of nitrogens with zero attached hydrogens (tertiary/aromatic N) is 1. The third kappa shape index (κ3) is 3.45. The van der Waals surface area contributed by atoms with Crippen LogP contribution in [-0.2, 0) is 0 Å². The van der Waals surface area contributed by atoms with E-state index in [1.54, 1.807) is 13.1 Å². The maximum absolute atomic E-state index is 12.3. The van der Waals surface area contributed by atoms with E-state index in [0.717, 1.165) is 11.3 Å². The summed E-state index contributed by atoms with van der Waals surface area (Å²) in [7, 11) is 1.75. The molecule has 0 aliphatic rings. The standard InChI is InChI=1S/C13H20N2O3/c1-10-3-4-12(14-2)11(9-10)13(18)15(5-7-16)6-8-17/h3-4,9,14,16-17H,5-8H2,1-2H3. The van der Waals surface area contributed by atoms with Gasteiger partial charge in [-0.25, -0.2) is 0 Å². The van der Waals surface area contributed by atoms with Crippen LogP contribution >= 0.6 is 0 Å². The van der Waals surface area contributed by atoms with Gasteiger partial charge in [0, 0.05) is 25.8 Å². The summed E-state index contributed by atoms with van der Waals surface area (Å²) in [5.74, 6) is -0.189. The number of hydrogen-bond acceptors (Lipinski definition) is 4. The topological polar surface area (TPSA) is 72.8 Å².